The van der Waals surface area contributed by atoms with Gasteiger partial charge in [-0.05, 0) is 45.5 Å². The summed E-state index contributed by atoms with van der Waals surface area (Å²) in [5.74, 6) is -0.278. The molecule has 0 aliphatic rings. The lowest BCUT2D eigenvalue weighted by molar-refractivity contribution is 0.0911. The second-order valence-electron chi connectivity index (χ2n) is 4.93. The van der Waals surface area contributed by atoms with Crippen LogP contribution in [0.1, 0.15) is 37.6 Å². The molecule has 0 saturated carbocycles. The highest BCUT2D eigenvalue weighted by Crippen LogP contribution is 2.13. The van der Waals surface area contributed by atoms with E-state index in [9.17, 15) is 13.2 Å². The molecule has 0 fully saturated rings. The van der Waals surface area contributed by atoms with Crippen molar-refractivity contribution in [2.45, 2.75) is 37.6 Å². The molecule has 0 saturated heterocycles. The van der Waals surface area contributed by atoms with Crippen LogP contribution < -0.4 is 10.0 Å². The number of sulfonamides is 1. The molecule has 0 spiro atoms. The fraction of sp³-hybridized carbons (Fsp3) is 0.462. The summed E-state index contributed by atoms with van der Waals surface area (Å²) in [5.41, 5.74) is 0.00691. The van der Waals surface area contributed by atoms with E-state index >= 15 is 0 Å². The maximum Gasteiger partial charge on any atom is 0.251 e. The van der Waals surface area contributed by atoms with Gasteiger partial charge in [0, 0.05) is 11.1 Å². The van der Waals surface area contributed by atoms with Crippen LogP contribution in [0, 0.1) is 0 Å². The van der Waals surface area contributed by atoms with Crippen LogP contribution in [0.2, 0.25) is 0 Å². The summed E-state index contributed by atoms with van der Waals surface area (Å²) in [6.07, 6.45) is 0.785. The highest BCUT2D eigenvalue weighted by Gasteiger charge is 2.20. The zero-order valence-electron chi connectivity index (χ0n) is 11.6. The smallest absolute Gasteiger partial charge is 0.251 e. The predicted octanol–water partition coefficient (Wildman–Crippen LogP) is 1.51. The third-order valence-electron chi connectivity index (χ3n) is 3.01. The van der Waals surface area contributed by atoms with Gasteiger partial charge < -0.3 is 5.32 Å². The van der Waals surface area contributed by atoms with Crippen LogP contribution in [0.5, 0.6) is 0 Å². The van der Waals surface area contributed by atoms with Gasteiger partial charge in [-0.25, -0.2) is 13.1 Å². The van der Waals surface area contributed by atoms with Crippen molar-refractivity contribution < 1.29 is 13.2 Å². The second-order valence-corrected chi connectivity index (χ2v) is 6.81. The van der Waals surface area contributed by atoms with Gasteiger partial charge in [0.1, 0.15) is 0 Å². The van der Waals surface area contributed by atoms with Gasteiger partial charge in [0.05, 0.1) is 4.90 Å². The van der Waals surface area contributed by atoms with Crippen LogP contribution in [-0.4, -0.2) is 26.9 Å². The quantitative estimate of drug-likeness (QED) is 0.860. The van der Waals surface area contributed by atoms with Gasteiger partial charge in [0.2, 0.25) is 10.0 Å². The number of carbonyl (C=O) groups is 1. The first-order chi connectivity index (χ1) is 8.72. The van der Waals surface area contributed by atoms with Crippen molar-refractivity contribution in [3.05, 3.63) is 29.8 Å². The van der Waals surface area contributed by atoms with E-state index in [1.807, 2.05) is 20.8 Å². The van der Waals surface area contributed by atoms with E-state index in [2.05, 4.69) is 10.0 Å². The number of hydrogen-bond acceptors (Lipinski definition) is 3. The first-order valence-electron chi connectivity index (χ1n) is 6.08. The van der Waals surface area contributed by atoms with Crippen molar-refractivity contribution in [2.75, 3.05) is 7.05 Å². The topological polar surface area (TPSA) is 75.3 Å². The number of rotatable bonds is 5. The molecule has 6 heteroatoms. The molecule has 1 rings (SSSR count). The van der Waals surface area contributed by atoms with Crippen molar-refractivity contribution in [1.82, 2.24) is 10.0 Å². The lowest BCUT2D eigenvalue weighted by atomic mass is 10.0. The van der Waals surface area contributed by atoms with Gasteiger partial charge in [-0.3, -0.25) is 4.79 Å². The summed E-state index contributed by atoms with van der Waals surface area (Å²) in [6, 6.07) is 5.97. The number of amides is 1. The number of benzene rings is 1. The average molecular weight is 284 g/mol. The number of hydrogen-bond donors (Lipinski definition) is 2. The highest BCUT2D eigenvalue weighted by molar-refractivity contribution is 7.89. The zero-order chi connectivity index (χ0) is 14.7. The maximum atomic E-state index is 12.1. The third-order valence-corrected chi connectivity index (χ3v) is 4.42. The number of nitrogens with one attached hydrogen (secondary N) is 2. The molecular formula is C13H20N2O3S. The molecule has 1 amide bonds. The molecule has 0 heterocycles. The highest BCUT2D eigenvalue weighted by atomic mass is 32.2. The molecule has 0 aromatic heterocycles. The zero-order valence-corrected chi connectivity index (χ0v) is 12.5. The molecule has 0 aliphatic carbocycles. The maximum absolute atomic E-state index is 12.1. The van der Waals surface area contributed by atoms with Crippen LogP contribution in [-0.2, 0) is 10.0 Å². The molecule has 5 nitrogen and oxygen atoms in total. The van der Waals surface area contributed by atoms with E-state index in [4.69, 9.17) is 0 Å². The second kappa shape index (κ2) is 5.71. The lowest BCUT2D eigenvalue weighted by Gasteiger charge is -2.24. The van der Waals surface area contributed by atoms with Gasteiger partial charge in [-0.1, -0.05) is 13.0 Å². The van der Waals surface area contributed by atoms with Gasteiger partial charge in [0.15, 0.2) is 0 Å². The van der Waals surface area contributed by atoms with Crippen LogP contribution >= 0.6 is 0 Å². The SMILES string of the molecule is CCC(C)(C)NC(=O)c1cccc(S(=O)(=O)NC)c1. The fourth-order valence-electron chi connectivity index (χ4n) is 1.39. The first-order valence-corrected chi connectivity index (χ1v) is 7.56. The van der Waals surface area contributed by atoms with Crippen LogP contribution in [0.3, 0.4) is 0 Å². The summed E-state index contributed by atoms with van der Waals surface area (Å²) in [7, 11) is -2.20. The van der Waals surface area contributed by atoms with Crippen molar-refractivity contribution in [3.63, 3.8) is 0 Å². The molecule has 106 valence electrons. The Kier molecular flexibility index (Phi) is 4.70. The van der Waals surface area contributed by atoms with Crippen molar-refractivity contribution >= 4 is 15.9 Å². The van der Waals surface area contributed by atoms with Gasteiger partial charge in [-0.15, -0.1) is 0 Å². The molecule has 2 N–H and O–H groups in total. The van der Waals surface area contributed by atoms with E-state index < -0.39 is 10.0 Å². The van der Waals surface area contributed by atoms with Crippen molar-refractivity contribution in [2.24, 2.45) is 0 Å². The molecule has 0 aliphatic heterocycles. The van der Waals surface area contributed by atoms with E-state index in [0.717, 1.165) is 6.42 Å². The Balaban J connectivity index is 3.04. The average Bonchev–Trinajstić information content (AvgIpc) is 2.38. The summed E-state index contributed by atoms with van der Waals surface area (Å²) in [5, 5.41) is 2.86. The van der Waals surface area contributed by atoms with Gasteiger partial charge in [0.25, 0.3) is 5.91 Å². The van der Waals surface area contributed by atoms with E-state index in [1.54, 1.807) is 12.1 Å². The molecule has 0 radical (unpaired) electrons. The summed E-state index contributed by atoms with van der Waals surface area (Å²) in [6.45, 7) is 5.81. The molecule has 19 heavy (non-hydrogen) atoms. The van der Waals surface area contributed by atoms with Crippen LogP contribution in [0.15, 0.2) is 29.2 Å². The van der Waals surface area contributed by atoms with E-state index in [-0.39, 0.29) is 16.3 Å². The molecular weight excluding hydrogens is 264 g/mol. The van der Waals surface area contributed by atoms with Crippen molar-refractivity contribution in [3.8, 4) is 0 Å². The van der Waals surface area contributed by atoms with Crippen molar-refractivity contribution in [1.29, 1.82) is 0 Å². The van der Waals surface area contributed by atoms with Gasteiger partial charge in [-0.2, -0.15) is 0 Å². The summed E-state index contributed by atoms with van der Waals surface area (Å²) >= 11 is 0. The molecule has 0 atom stereocenters. The molecule has 1 aromatic carbocycles. The summed E-state index contributed by atoms with van der Waals surface area (Å²) < 4.78 is 25.6. The largest absolute Gasteiger partial charge is 0.347 e. The molecule has 1 aromatic rings. The minimum Gasteiger partial charge on any atom is -0.347 e. The van der Waals surface area contributed by atoms with E-state index in [1.165, 1.54) is 19.2 Å². The lowest BCUT2D eigenvalue weighted by Crippen LogP contribution is -2.42. The first kappa shape index (κ1) is 15.7. The minimum atomic E-state index is -3.53. The summed E-state index contributed by atoms with van der Waals surface area (Å²) in [4.78, 5) is 12.1. The third kappa shape index (κ3) is 4.04. The normalized spacial score (nSPS) is 12.2. The molecule has 0 bridgehead atoms. The standard InChI is InChI=1S/C13H20N2O3S/c1-5-13(2,3)15-12(16)10-7-6-8-11(9-10)19(17,18)14-4/h6-9,14H,5H2,1-4H3,(H,15,16). The Hall–Kier alpha value is -1.40. The number of carbonyl (C=O) groups excluding carboxylic acids is 1. The fourth-order valence-corrected chi connectivity index (χ4v) is 2.17. The van der Waals surface area contributed by atoms with Crippen LogP contribution in [0.25, 0.3) is 0 Å². The Bertz CT molecular complexity index is 565. The molecule has 0 unspecified atom stereocenters. The Morgan fingerprint density at radius 1 is 1.32 bits per heavy atom. The monoisotopic (exact) mass is 284 g/mol. The van der Waals surface area contributed by atoms with E-state index in [0.29, 0.717) is 5.56 Å². The Morgan fingerprint density at radius 2 is 1.95 bits per heavy atom. The minimum absolute atomic E-state index is 0.0805. The van der Waals surface area contributed by atoms with Gasteiger partial charge >= 0.3 is 0 Å². The Morgan fingerprint density at radius 3 is 2.47 bits per heavy atom. The Labute approximate surface area is 114 Å². The predicted molar refractivity (Wildman–Crippen MR) is 74.5 cm³/mol. The van der Waals surface area contributed by atoms with Crippen LogP contribution in [0.4, 0.5) is 0 Å².